The van der Waals surface area contributed by atoms with Crippen LogP contribution in [0.15, 0.2) is 188 Å². The number of nitrogens with zero attached hydrogens (tertiary/aromatic N) is 3. The van der Waals surface area contributed by atoms with E-state index in [-0.39, 0.29) is 0 Å². The average Bonchev–Trinajstić information content (AvgIpc) is 3.57. The molecule has 1 aromatic heterocycles. The lowest BCUT2D eigenvalue weighted by atomic mass is 9.88. The number of fused-ring (bicyclic) bond motifs is 3. The molecule has 0 spiro atoms. The van der Waals surface area contributed by atoms with E-state index in [1.807, 2.05) is 48.5 Å². The highest BCUT2D eigenvalue weighted by molar-refractivity contribution is 6.12. The third-order valence-corrected chi connectivity index (χ3v) is 10.1. The smallest absolute Gasteiger partial charge is 0.0998 e. The van der Waals surface area contributed by atoms with Crippen molar-refractivity contribution in [3.8, 4) is 73.5 Å². The maximum Gasteiger partial charge on any atom is 0.0998 e. The fourth-order valence-corrected chi connectivity index (χ4v) is 7.62. The van der Waals surface area contributed by atoms with Crippen LogP contribution in [0.1, 0.15) is 11.1 Å². The van der Waals surface area contributed by atoms with Gasteiger partial charge in [-0.3, -0.25) is 0 Å². The molecular weight excluding hydrogens is 643 g/mol. The van der Waals surface area contributed by atoms with E-state index in [1.165, 1.54) is 33.0 Å². The molecule has 246 valence electrons. The van der Waals surface area contributed by atoms with E-state index in [9.17, 15) is 10.5 Å². The summed E-state index contributed by atoms with van der Waals surface area (Å²) in [6.07, 6.45) is 0. The lowest BCUT2D eigenvalue weighted by Crippen LogP contribution is -1.99. The minimum absolute atomic E-state index is 0.593. The first kappa shape index (κ1) is 31.5. The fraction of sp³-hybridized carbons (Fsp3) is 0. The van der Waals surface area contributed by atoms with Crippen molar-refractivity contribution in [3.63, 3.8) is 0 Å². The number of aromatic nitrogens is 1. The van der Waals surface area contributed by atoms with Gasteiger partial charge in [0, 0.05) is 21.9 Å². The molecule has 1 heterocycles. The number of nitriles is 2. The van der Waals surface area contributed by atoms with Crippen molar-refractivity contribution in [3.05, 3.63) is 199 Å². The SMILES string of the molecule is N#Cc1ccccc1-c1ccc(-c2ccccc2-n2c3ccc(-c4ccccc4)cc3c3cc(-c4ccccc4)ccc32)c(-c2ccccc2C#N)c1. The highest BCUT2D eigenvalue weighted by Crippen LogP contribution is 2.43. The third kappa shape index (κ3) is 5.55. The van der Waals surface area contributed by atoms with Crippen LogP contribution in [0.5, 0.6) is 0 Å². The van der Waals surface area contributed by atoms with Gasteiger partial charge in [-0.05, 0) is 93.0 Å². The molecule has 9 aromatic rings. The maximum absolute atomic E-state index is 10.3. The third-order valence-electron chi connectivity index (χ3n) is 10.1. The van der Waals surface area contributed by atoms with Crippen LogP contribution in [0.25, 0.3) is 83.1 Å². The molecule has 0 saturated heterocycles. The van der Waals surface area contributed by atoms with E-state index in [4.69, 9.17) is 0 Å². The first-order chi connectivity index (χ1) is 26.2. The Morgan fingerprint density at radius 1 is 0.321 bits per heavy atom. The van der Waals surface area contributed by atoms with Crippen LogP contribution in [0.3, 0.4) is 0 Å². The van der Waals surface area contributed by atoms with Crippen molar-refractivity contribution in [1.82, 2.24) is 4.57 Å². The second kappa shape index (κ2) is 13.3. The quantitative estimate of drug-likeness (QED) is 0.176. The Morgan fingerprint density at radius 3 is 1.38 bits per heavy atom. The van der Waals surface area contributed by atoms with Gasteiger partial charge in [0.25, 0.3) is 0 Å². The number of para-hydroxylation sites is 1. The van der Waals surface area contributed by atoms with Crippen molar-refractivity contribution in [2.24, 2.45) is 0 Å². The molecule has 9 rings (SSSR count). The normalized spacial score (nSPS) is 11.0. The molecule has 3 nitrogen and oxygen atoms in total. The first-order valence-electron chi connectivity index (χ1n) is 17.6. The second-order valence-electron chi connectivity index (χ2n) is 13.1. The van der Waals surface area contributed by atoms with Crippen LogP contribution < -0.4 is 0 Å². The van der Waals surface area contributed by atoms with Crippen molar-refractivity contribution < 1.29 is 0 Å². The van der Waals surface area contributed by atoms with Crippen LogP contribution in [0, 0.1) is 22.7 Å². The molecule has 0 saturated carbocycles. The molecule has 53 heavy (non-hydrogen) atoms. The Morgan fingerprint density at radius 2 is 0.792 bits per heavy atom. The number of rotatable bonds is 6. The molecule has 8 aromatic carbocycles. The Balaban J connectivity index is 1.32. The first-order valence-corrected chi connectivity index (χ1v) is 17.6. The summed E-state index contributed by atoms with van der Waals surface area (Å²) in [7, 11) is 0. The Labute approximate surface area is 308 Å². The zero-order valence-electron chi connectivity index (χ0n) is 28.7. The zero-order chi connectivity index (χ0) is 35.7. The van der Waals surface area contributed by atoms with Gasteiger partial charge in [0.15, 0.2) is 0 Å². The van der Waals surface area contributed by atoms with E-state index in [0.29, 0.717) is 11.1 Å². The number of benzene rings is 8. The van der Waals surface area contributed by atoms with E-state index >= 15 is 0 Å². The van der Waals surface area contributed by atoms with E-state index in [2.05, 4.69) is 156 Å². The van der Waals surface area contributed by atoms with Gasteiger partial charge in [0.1, 0.15) is 0 Å². The fourth-order valence-electron chi connectivity index (χ4n) is 7.62. The lowest BCUT2D eigenvalue weighted by Gasteiger charge is -2.19. The van der Waals surface area contributed by atoms with Gasteiger partial charge in [0.05, 0.1) is 40.0 Å². The van der Waals surface area contributed by atoms with Crippen LogP contribution >= 0.6 is 0 Å². The topological polar surface area (TPSA) is 52.5 Å². The molecule has 0 fully saturated rings. The largest absolute Gasteiger partial charge is 0.309 e. The van der Waals surface area contributed by atoms with E-state index < -0.39 is 0 Å². The molecule has 3 heteroatoms. The predicted octanol–water partition coefficient (Wildman–Crippen LogP) is 12.9. The van der Waals surface area contributed by atoms with Crippen molar-refractivity contribution in [2.45, 2.75) is 0 Å². The number of hydrogen-bond acceptors (Lipinski definition) is 2. The minimum Gasteiger partial charge on any atom is -0.309 e. The highest BCUT2D eigenvalue weighted by Gasteiger charge is 2.20. The van der Waals surface area contributed by atoms with Crippen LogP contribution in [-0.4, -0.2) is 4.57 Å². The molecular formula is C50H31N3. The van der Waals surface area contributed by atoms with Crippen molar-refractivity contribution in [2.75, 3.05) is 0 Å². The zero-order valence-corrected chi connectivity index (χ0v) is 28.7. The predicted molar refractivity (Wildman–Crippen MR) is 217 cm³/mol. The van der Waals surface area contributed by atoms with E-state index in [1.54, 1.807) is 0 Å². The van der Waals surface area contributed by atoms with Crippen LogP contribution in [0.2, 0.25) is 0 Å². The monoisotopic (exact) mass is 673 g/mol. The van der Waals surface area contributed by atoms with E-state index in [0.717, 1.165) is 50.1 Å². The molecule has 0 amide bonds. The standard InChI is InChI=1S/C50H31N3/c51-32-39-17-7-9-19-41(39)38-23-26-43(45(31-38)42-20-10-8-18-40(42)33-52)44-21-11-12-22-48(44)53-49-27-24-36(34-13-3-1-4-14-34)29-46(49)47-30-37(25-28-50(47)53)35-15-5-2-6-16-35/h1-31H. The summed E-state index contributed by atoms with van der Waals surface area (Å²) in [4.78, 5) is 0. The van der Waals surface area contributed by atoms with Gasteiger partial charge in [-0.15, -0.1) is 0 Å². The van der Waals surface area contributed by atoms with Gasteiger partial charge in [-0.1, -0.05) is 140 Å². The minimum atomic E-state index is 0.593. The summed E-state index contributed by atoms with van der Waals surface area (Å²) in [5.74, 6) is 0. The molecule has 0 bridgehead atoms. The van der Waals surface area contributed by atoms with Gasteiger partial charge < -0.3 is 4.57 Å². The van der Waals surface area contributed by atoms with Crippen LogP contribution in [-0.2, 0) is 0 Å². The van der Waals surface area contributed by atoms with Gasteiger partial charge in [-0.25, -0.2) is 0 Å². The molecule has 0 aliphatic carbocycles. The summed E-state index contributed by atoms with van der Waals surface area (Å²) < 4.78 is 2.38. The Bertz CT molecular complexity index is 2810. The van der Waals surface area contributed by atoms with Gasteiger partial charge >= 0.3 is 0 Å². The summed E-state index contributed by atoms with van der Waals surface area (Å²) in [6, 6.07) is 69.7. The number of hydrogen-bond donors (Lipinski definition) is 0. The Hall–Kier alpha value is -7.46. The maximum atomic E-state index is 10.3. The molecule has 0 aliphatic heterocycles. The molecule has 0 N–H and O–H groups in total. The van der Waals surface area contributed by atoms with Gasteiger partial charge in [-0.2, -0.15) is 10.5 Å². The summed E-state index contributed by atoms with van der Waals surface area (Å²) in [5, 5.41) is 22.6. The van der Waals surface area contributed by atoms with Gasteiger partial charge in [0.2, 0.25) is 0 Å². The molecule has 0 aliphatic rings. The Kier molecular flexibility index (Phi) is 7.94. The summed E-state index contributed by atoms with van der Waals surface area (Å²) in [6.45, 7) is 0. The highest BCUT2D eigenvalue weighted by atomic mass is 15.0. The second-order valence-corrected chi connectivity index (χ2v) is 13.1. The van der Waals surface area contributed by atoms with Crippen LogP contribution in [0.4, 0.5) is 0 Å². The lowest BCUT2D eigenvalue weighted by molar-refractivity contribution is 1.18. The summed E-state index contributed by atoms with van der Waals surface area (Å²) >= 11 is 0. The molecule has 0 unspecified atom stereocenters. The molecule has 0 atom stereocenters. The summed E-state index contributed by atoms with van der Waals surface area (Å²) in [5.41, 5.74) is 14.7. The van der Waals surface area contributed by atoms with Crippen molar-refractivity contribution >= 4 is 21.8 Å². The molecule has 0 radical (unpaired) electrons. The van der Waals surface area contributed by atoms with Crippen molar-refractivity contribution in [1.29, 1.82) is 10.5 Å². The average molecular weight is 674 g/mol.